The third kappa shape index (κ3) is 4.02. The van der Waals surface area contributed by atoms with Crippen molar-refractivity contribution in [1.29, 1.82) is 0 Å². The summed E-state index contributed by atoms with van der Waals surface area (Å²) in [5, 5.41) is 3.63. The van der Waals surface area contributed by atoms with Crippen LogP contribution in [-0.4, -0.2) is 24.1 Å². The Morgan fingerprint density at radius 2 is 2.24 bits per heavy atom. The SMILES string of the molecule is COCC1CCC(NCc2sncc2Br)CC1. The fourth-order valence-corrected chi connectivity index (χ4v) is 3.54. The molecule has 1 aromatic rings. The minimum absolute atomic E-state index is 0.664. The molecule has 0 amide bonds. The Morgan fingerprint density at radius 1 is 1.47 bits per heavy atom. The van der Waals surface area contributed by atoms with E-state index in [1.165, 1.54) is 30.6 Å². The number of nitrogens with one attached hydrogen (secondary N) is 1. The van der Waals surface area contributed by atoms with Gasteiger partial charge in [-0.15, -0.1) is 0 Å². The maximum absolute atomic E-state index is 5.22. The van der Waals surface area contributed by atoms with Crippen LogP contribution in [0.15, 0.2) is 10.7 Å². The third-order valence-corrected chi connectivity index (χ3v) is 5.14. The molecule has 17 heavy (non-hydrogen) atoms. The van der Waals surface area contributed by atoms with Crippen LogP contribution in [0.3, 0.4) is 0 Å². The summed E-state index contributed by atoms with van der Waals surface area (Å²) in [5.41, 5.74) is 0. The normalized spacial score (nSPS) is 25.1. The van der Waals surface area contributed by atoms with Crippen molar-refractivity contribution < 1.29 is 4.74 Å². The van der Waals surface area contributed by atoms with E-state index in [0.29, 0.717) is 6.04 Å². The standard InChI is InChI=1S/C12H19BrN2OS/c1-16-8-9-2-4-10(5-3-9)14-7-12-11(13)6-15-17-12/h6,9-10,14H,2-5,7-8H2,1H3. The van der Waals surface area contributed by atoms with Crippen LogP contribution in [0.25, 0.3) is 0 Å². The van der Waals surface area contributed by atoms with E-state index in [4.69, 9.17) is 4.74 Å². The molecular weight excluding hydrogens is 300 g/mol. The lowest BCUT2D eigenvalue weighted by Crippen LogP contribution is -2.33. The van der Waals surface area contributed by atoms with Crippen molar-refractivity contribution in [3.8, 4) is 0 Å². The Balaban J connectivity index is 1.70. The molecule has 3 nitrogen and oxygen atoms in total. The second-order valence-electron chi connectivity index (χ2n) is 4.65. The Morgan fingerprint density at radius 3 is 2.82 bits per heavy atom. The minimum Gasteiger partial charge on any atom is -0.384 e. The lowest BCUT2D eigenvalue weighted by molar-refractivity contribution is 0.123. The molecule has 0 spiro atoms. The summed E-state index contributed by atoms with van der Waals surface area (Å²) in [5.74, 6) is 0.771. The molecule has 1 aliphatic rings. The lowest BCUT2D eigenvalue weighted by atomic mass is 9.86. The number of rotatable bonds is 5. The third-order valence-electron chi connectivity index (χ3n) is 3.40. The molecule has 1 saturated carbocycles. The highest BCUT2D eigenvalue weighted by Gasteiger charge is 2.20. The monoisotopic (exact) mass is 318 g/mol. The van der Waals surface area contributed by atoms with Gasteiger partial charge in [-0.05, 0) is 59.1 Å². The minimum atomic E-state index is 0.664. The summed E-state index contributed by atoms with van der Waals surface area (Å²) in [6, 6.07) is 0.664. The van der Waals surface area contributed by atoms with Crippen LogP contribution in [0.1, 0.15) is 30.6 Å². The van der Waals surface area contributed by atoms with E-state index in [1.807, 2.05) is 6.20 Å². The van der Waals surface area contributed by atoms with E-state index in [1.54, 1.807) is 18.6 Å². The quantitative estimate of drug-likeness (QED) is 0.905. The predicted molar refractivity (Wildman–Crippen MR) is 74.3 cm³/mol. The molecule has 96 valence electrons. The number of ether oxygens (including phenoxy) is 1. The molecule has 5 heteroatoms. The molecule has 1 aliphatic carbocycles. The number of methoxy groups -OCH3 is 1. The van der Waals surface area contributed by atoms with Gasteiger partial charge in [-0.25, -0.2) is 0 Å². The number of aromatic nitrogens is 1. The first-order chi connectivity index (χ1) is 8.29. The average Bonchev–Trinajstić information content (AvgIpc) is 2.75. The Bertz CT molecular complexity index is 337. The van der Waals surface area contributed by atoms with Gasteiger partial charge in [0.05, 0.1) is 15.5 Å². The van der Waals surface area contributed by atoms with Crippen LogP contribution in [0.5, 0.6) is 0 Å². The second-order valence-corrected chi connectivity index (χ2v) is 6.39. The van der Waals surface area contributed by atoms with Gasteiger partial charge >= 0.3 is 0 Å². The smallest absolute Gasteiger partial charge is 0.0552 e. The first-order valence-corrected chi connectivity index (χ1v) is 7.67. The van der Waals surface area contributed by atoms with Gasteiger partial charge in [0.1, 0.15) is 0 Å². The van der Waals surface area contributed by atoms with Crippen LogP contribution in [0.2, 0.25) is 0 Å². The van der Waals surface area contributed by atoms with Gasteiger partial charge in [0.25, 0.3) is 0 Å². The first kappa shape index (κ1) is 13.5. The fraction of sp³-hybridized carbons (Fsp3) is 0.750. The molecule has 0 radical (unpaired) electrons. The van der Waals surface area contributed by atoms with E-state index in [-0.39, 0.29) is 0 Å². The van der Waals surface area contributed by atoms with E-state index < -0.39 is 0 Å². The predicted octanol–water partition coefficient (Wildman–Crippen LogP) is 3.20. The Hall–Kier alpha value is 0.0300. The van der Waals surface area contributed by atoms with E-state index in [0.717, 1.165) is 23.5 Å². The molecule has 0 bridgehead atoms. The number of hydrogen-bond acceptors (Lipinski definition) is 4. The maximum Gasteiger partial charge on any atom is 0.0552 e. The molecule has 0 aliphatic heterocycles. The molecule has 0 atom stereocenters. The van der Waals surface area contributed by atoms with E-state index in [9.17, 15) is 0 Å². The Kier molecular flexibility index (Phi) is 5.41. The van der Waals surface area contributed by atoms with Crippen molar-refractivity contribution >= 4 is 27.5 Å². The molecule has 1 N–H and O–H groups in total. The van der Waals surface area contributed by atoms with Crippen LogP contribution < -0.4 is 5.32 Å². The van der Waals surface area contributed by atoms with Crippen LogP contribution in [0.4, 0.5) is 0 Å². The van der Waals surface area contributed by atoms with Gasteiger partial charge in [-0.3, -0.25) is 0 Å². The summed E-state index contributed by atoms with van der Waals surface area (Å²) >= 11 is 5.08. The first-order valence-electron chi connectivity index (χ1n) is 6.11. The van der Waals surface area contributed by atoms with E-state index >= 15 is 0 Å². The lowest BCUT2D eigenvalue weighted by Gasteiger charge is -2.28. The molecule has 2 rings (SSSR count). The topological polar surface area (TPSA) is 34.1 Å². The van der Waals surface area contributed by atoms with Gasteiger partial charge in [0, 0.05) is 26.3 Å². The largest absolute Gasteiger partial charge is 0.384 e. The van der Waals surface area contributed by atoms with E-state index in [2.05, 4.69) is 25.6 Å². The molecule has 1 aromatic heterocycles. The maximum atomic E-state index is 5.22. The molecule has 1 fully saturated rings. The van der Waals surface area contributed by atoms with Gasteiger partial charge in [-0.1, -0.05) is 0 Å². The highest BCUT2D eigenvalue weighted by Crippen LogP contribution is 2.25. The van der Waals surface area contributed by atoms with Crippen LogP contribution in [-0.2, 0) is 11.3 Å². The second kappa shape index (κ2) is 6.83. The zero-order valence-electron chi connectivity index (χ0n) is 10.1. The summed E-state index contributed by atoms with van der Waals surface area (Å²) in [6.45, 7) is 1.86. The van der Waals surface area contributed by atoms with Crippen molar-refractivity contribution in [1.82, 2.24) is 9.69 Å². The van der Waals surface area contributed by atoms with Crippen LogP contribution >= 0.6 is 27.5 Å². The highest BCUT2D eigenvalue weighted by molar-refractivity contribution is 9.10. The zero-order valence-corrected chi connectivity index (χ0v) is 12.5. The Labute approximate surface area is 115 Å². The summed E-state index contributed by atoms with van der Waals surface area (Å²) < 4.78 is 10.5. The zero-order chi connectivity index (χ0) is 12.1. The summed E-state index contributed by atoms with van der Waals surface area (Å²) in [4.78, 5) is 1.30. The van der Waals surface area contributed by atoms with Crippen molar-refractivity contribution in [2.24, 2.45) is 5.92 Å². The van der Waals surface area contributed by atoms with Crippen molar-refractivity contribution in [2.45, 2.75) is 38.3 Å². The molecule has 1 heterocycles. The summed E-state index contributed by atoms with van der Waals surface area (Å²) in [6.07, 6.45) is 6.98. The van der Waals surface area contributed by atoms with Gasteiger partial charge in [0.2, 0.25) is 0 Å². The molecule has 0 saturated heterocycles. The number of hydrogen-bond donors (Lipinski definition) is 1. The number of nitrogens with zero attached hydrogens (tertiary/aromatic N) is 1. The summed E-state index contributed by atoms with van der Waals surface area (Å²) in [7, 11) is 1.80. The number of halogens is 1. The van der Waals surface area contributed by atoms with Crippen molar-refractivity contribution in [2.75, 3.05) is 13.7 Å². The van der Waals surface area contributed by atoms with Gasteiger partial charge in [-0.2, -0.15) is 4.37 Å². The van der Waals surface area contributed by atoms with Gasteiger partial charge < -0.3 is 10.1 Å². The van der Waals surface area contributed by atoms with Crippen molar-refractivity contribution in [3.05, 3.63) is 15.5 Å². The average molecular weight is 319 g/mol. The molecular formula is C12H19BrN2OS. The fourth-order valence-electron chi connectivity index (χ4n) is 2.37. The van der Waals surface area contributed by atoms with Gasteiger partial charge in [0.15, 0.2) is 0 Å². The molecule has 0 unspecified atom stereocenters. The highest BCUT2D eigenvalue weighted by atomic mass is 79.9. The van der Waals surface area contributed by atoms with Crippen LogP contribution in [0, 0.1) is 5.92 Å². The van der Waals surface area contributed by atoms with Crippen molar-refractivity contribution in [3.63, 3.8) is 0 Å². The molecule has 0 aromatic carbocycles.